The zero-order valence-corrected chi connectivity index (χ0v) is 10.9. The number of hydrogen-bond acceptors (Lipinski definition) is 0. The van der Waals surface area contributed by atoms with Gasteiger partial charge in [0.05, 0.1) is 0 Å². The third-order valence-electron chi connectivity index (χ3n) is 3.51. The van der Waals surface area contributed by atoms with E-state index in [4.69, 9.17) is 0 Å². The van der Waals surface area contributed by atoms with E-state index in [0.717, 1.165) is 6.42 Å². The number of halogens is 1. The van der Waals surface area contributed by atoms with Crippen LogP contribution in [0.3, 0.4) is 0 Å². The van der Waals surface area contributed by atoms with Crippen molar-refractivity contribution in [3.63, 3.8) is 0 Å². The molecule has 0 aliphatic heterocycles. The third-order valence-corrected chi connectivity index (χ3v) is 3.51. The summed E-state index contributed by atoms with van der Waals surface area (Å²) in [6.07, 6.45) is 1.08. The van der Waals surface area contributed by atoms with E-state index in [1.807, 2.05) is 18.2 Å². The van der Waals surface area contributed by atoms with E-state index in [1.165, 1.54) is 11.1 Å². The van der Waals surface area contributed by atoms with E-state index in [0.29, 0.717) is 11.8 Å². The Morgan fingerprint density at radius 1 is 0.778 bits per heavy atom. The molecule has 0 radical (unpaired) electrons. The van der Waals surface area contributed by atoms with Gasteiger partial charge < -0.3 is 0 Å². The first kappa shape index (κ1) is 12.8. The van der Waals surface area contributed by atoms with Crippen molar-refractivity contribution in [3.8, 4) is 0 Å². The van der Waals surface area contributed by atoms with Gasteiger partial charge in [0.2, 0.25) is 0 Å². The molecular formula is C17H19F. The van der Waals surface area contributed by atoms with Gasteiger partial charge >= 0.3 is 0 Å². The summed E-state index contributed by atoms with van der Waals surface area (Å²) in [5.41, 5.74) is 2.57. The average molecular weight is 242 g/mol. The Balaban J connectivity index is 2.03. The van der Waals surface area contributed by atoms with Gasteiger partial charge in [-0.25, -0.2) is 4.39 Å². The highest BCUT2D eigenvalue weighted by Gasteiger charge is 2.12. The predicted molar refractivity (Wildman–Crippen MR) is 74.3 cm³/mol. The molecule has 2 unspecified atom stereocenters. The molecule has 0 heterocycles. The molecule has 2 aromatic rings. The summed E-state index contributed by atoms with van der Waals surface area (Å²) in [6, 6.07) is 17.4. The van der Waals surface area contributed by atoms with Crippen LogP contribution in [0.25, 0.3) is 0 Å². The van der Waals surface area contributed by atoms with Gasteiger partial charge in [-0.3, -0.25) is 0 Å². The van der Waals surface area contributed by atoms with Crippen LogP contribution < -0.4 is 0 Å². The van der Waals surface area contributed by atoms with Crippen molar-refractivity contribution in [2.75, 3.05) is 0 Å². The highest BCUT2D eigenvalue weighted by atomic mass is 19.1. The summed E-state index contributed by atoms with van der Waals surface area (Å²) in [5.74, 6) is 0.800. The third kappa shape index (κ3) is 3.19. The lowest BCUT2D eigenvalue weighted by atomic mass is 9.87. The maximum atomic E-state index is 12.9. The first-order chi connectivity index (χ1) is 8.66. The molecule has 2 atom stereocenters. The van der Waals surface area contributed by atoms with Gasteiger partial charge in [-0.2, -0.15) is 0 Å². The molecule has 0 fully saturated rings. The van der Waals surface area contributed by atoms with Crippen LogP contribution in [0.15, 0.2) is 54.6 Å². The molecule has 0 bridgehead atoms. The van der Waals surface area contributed by atoms with Gasteiger partial charge in [0.15, 0.2) is 0 Å². The predicted octanol–water partition coefficient (Wildman–Crippen LogP) is 5.12. The molecule has 0 saturated carbocycles. The fourth-order valence-electron chi connectivity index (χ4n) is 2.38. The summed E-state index contributed by atoms with van der Waals surface area (Å²) in [4.78, 5) is 0. The molecular weight excluding hydrogens is 223 g/mol. The largest absolute Gasteiger partial charge is 0.207 e. The van der Waals surface area contributed by atoms with Crippen molar-refractivity contribution in [1.82, 2.24) is 0 Å². The van der Waals surface area contributed by atoms with Crippen molar-refractivity contribution in [2.24, 2.45) is 0 Å². The molecule has 0 amide bonds. The van der Waals surface area contributed by atoms with Gasteiger partial charge in [-0.1, -0.05) is 56.3 Å². The Kier molecular flexibility index (Phi) is 4.14. The molecule has 0 aromatic heterocycles. The van der Waals surface area contributed by atoms with E-state index in [1.54, 1.807) is 12.1 Å². The lowest BCUT2D eigenvalue weighted by Crippen LogP contribution is -2.01. The SMILES string of the molecule is CC(CC(C)c1ccc(F)cc1)c1ccccc1. The molecule has 94 valence electrons. The van der Waals surface area contributed by atoms with Crippen LogP contribution in [0, 0.1) is 5.82 Å². The summed E-state index contributed by atoms with van der Waals surface area (Å²) in [7, 11) is 0. The zero-order chi connectivity index (χ0) is 13.0. The number of benzene rings is 2. The van der Waals surface area contributed by atoms with Gasteiger partial charge in [0.25, 0.3) is 0 Å². The van der Waals surface area contributed by atoms with E-state index in [9.17, 15) is 4.39 Å². The molecule has 0 nitrogen and oxygen atoms in total. The van der Waals surface area contributed by atoms with Gasteiger partial charge in [0, 0.05) is 0 Å². The summed E-state index contributed by atoms with van der Waals surface area (Å²) in [6.45, 7) is 4.45. The molecule has 0 saturated heterocycles. The van der Waals surface area contributed by atoms with Crippen LogP contribution in [0.2, 0.25) is 0 Å². The lowest BCUT2D eigenvalue weighted by Gasteiger charge is -2.18. The lowest BCUT2D eigenvalue weighted by molar-refractivity contribution is 0.588. The van der Waals surface area contributed by atoms with E-state index < -0.39 is 0 Å². The molecule has 0 spiro atoms. The summed E-state index contributed by atoms with van der Waals surface area (Å²) in [5, 5.41) is 0. The number of rotatable bonds is 4. The maximum Gasteiger partial charge on any atom is 0.123 e. The Labute approximate surface area is 108 Å². The van der Waals surface area contributed by atoms with Crippen molar-refractivity contribution < 1.29 is 4.39 Å². The molecule has 0 N–H and O–H groups in total. The first-order valence-electron chi connectivity index (χ1n) is 6.47. The van der Waals surface area contributed by atoms with Crippen LogP contribution in [0.1, 0.15) is 43.2 Å². The quantitative estimate of drug-likeness (QED) is 0.697. The highest BCUT2D eigenvalue weighted by molar-refractivity contribution is 5.23. The molecule has 0 aliphatic rings. The van der Waals surface area contributed by atoms with Crippen molar-refractivity contribution in [1.29, 1.82) is 0 Å². The standard InChI is InChI=1S/C17H19F/c1-13(15-6-4-3-5-7-15)12-14(2)16-8-10-17(18)11-9-16/h3-11,13-14H,12H2,1-2H3. The van der Waals surface area contributed by atoms with Crippen molar-refractivity contribution in [3.05, 3.63) is 71.5 Å². The van der Waals surface area contributed by atoms with Gasteiger partial charge in [0.1, 0.15) is 5.82 Å². The van der Waals surface area contributed by atoms with E-state index in [2.05, 4.69) is 38.1 Å². The monoisotopic (exact) mass is 242 g/mol. The smallest absolute Gasteiger partial charge is 0.123 e. The van der Waals surface area contributed by atoms with E-state index in [-0.39, 0.29) is 5.82 Å². The van der Waals surface area contributed by atoms with Crippen LogP contribution in [-0.2, 0) is 0 Å². The number of hydrogen-bond donors (Lipinski definition) is 0. The fraction of sp³-hybridized carbons (Fsp3) is 0.294. The normalized spacial score (nSPS) is 14.2. The van der Waals surface area contributed by atoms with Crippen LogP contribution in [0.5, 0.6) is 0 Å². The Bertz CT molecular complexity index is 473. The molecule has 1 heteroatoms. The molecule has 2 aromatic carbocycles. The highest BCUT2D eigenvalue weighted by Crippen LogP contribution is 2.29. The topological polar surface area (TPSA) is 0 Å². The molecule has 0 aliphatic carbocycles. The minimum atomic E-state index is -0.165. The summed E-state index contributed by atoms with van der Waals surface area (Å²) < 4.78 is 12.9. The average Bonchev–Trinajstić information content (AvgIpc) is 2.40. The second-order valence-corrected chi connectivity index (χ2v) is 5.00. The second-order valence-electron chi connectivity index (χ2n) is 5.00. The Hall–Kier alpha value is -1.63. The molecule has 18 heavy (non-hydrogen) atoms. The Morgan fingerprint density at radius 3 is 1.83 bits per heavy atom. The molecule has 2 rings (SSSR count). The van der Waals surface area contributed by atoms with Crippen molar-refractivity contribution in [2.45, 2.75) is 32.1 Å². The van der Waals surface area contributed by atoms with Crippen molar-refractivity contribution >= 4 is 0 Å². The second kappa shape index (κ2) is 5.81. The maximum absolute atomic E-state index is 12.9. The van der Waals surface area contributed by atoms with Gasteiger partial charge in [-0.15, -0.1) is 0 Å². The Morgan fingerprint density at radius 2 is 1.28 bits per heavy atom. The zero-order valence-electron chi connectivity index (χ0n) is 10.9. The van der Waals surface area contributed by atoms with Crippen LogP contribution >= 0.6 is 0 Å². The van der Waals surface area contributed by atoms with E-state index >= 15 is 0 Å². The van der Waals surface area contributed by atoms with Gasteiger partial charge in [-0.05, 0) is 41.5 Å². The first-order valence-corrected chi connectivity index (χ1v) is 6.47. The van der Waals surface area contributed by atoms with Crippen LogP contribution in [-0.4, -0.2) is 0 Å². The van der Waals surface area contributed by atoms with Crippen LogP contribution in [0.4, 0.5) is 4.39 Å². The fourth-order valence-corrected chi connectivity index (χ4v) is 2.38. The minimum absolute atomic E-state index is 0.165. The summed E-state index contributed by atoms with van der Waals surface area (Å²) >= 11 is 0. The minimum Gasteiger partial charge on any atom is -0.207 e.